The van der Waals surface area contributed by atoms with Crippen molar-refractivity contribution in [1.29, 1.82) is 0 Å². The van der Waals surface area contributed by atoms with Crippen LogP contribution in [0.4, 0.5) is 5.69 Å². The van der Waals surface area contributed by atoms with Crippen LogP contribution in [0.1, 0.15) is 32.7 Å². The monoisotopic (exact) mass is 359 g/mol. The number of carbonyl (C=O) groups excluding carboxylic acids is 3. The Bertz CT molecular complexity index is 1060. The molecule has 0 aliphatic carbocycles. The minimum atomic E-state index is -0.353. The van der Waals surface area contributed by atoms with Gasteiger partial charge in [-0.2, -0.15) is 0 Å². The number of benzene rings is 2. The summed E-state index contributed by atoms with van der Waals surface area (Å²) in [6, 6.07) is 14.2. The molecule has 1 aliphatic heterocycles. The third kappa shape index (κ3) is 2.95. The van der Waals surface area contributed by atoms with Crippen LogP contribution in [0.15, 0.2) is 54.7 Å². The molecule has 0 unspecified atom stereocenters. The van der Waals surface area contributed by atoms with Crippen molar-refractivity contribution >= 4 is 34.3 Å². The summed E-state index contributed by atoms with van der Waals surface area (Å²) >= 11 is 0. The standard InChI is InChI=1S/C21H17N3O3/c1-13-5-4-8-16-17(9-11-22-19(13)16)23-18(25)10-12-24-20(26)14-6-2-3-7-15(14)21(24)27/h2-9,11H,10,12H2,1H3,(H,22,23,25). The van der Waals surface area contributed by atoms with Gasteiger partial charge in [-0.25, -0.2) is 0 Å². The molecule has 0 bridgehead atoms. The van der Waals surface area contributed by atoms with E-state index in [9.17, 15) is 14.4 Å². The zero-order valence-electron chi connectivity index (χ0n) is 14.7. The minimum absolute atomic E-state index is 0.0289. The molecule has 1 N–H and O–H groups in total. The third-order valence-electron chi connectivity index (χ3n) is 4.69. The normalized spacial score (nSPS) is 13.1. The Kier molecular flexibility index (Phi) is 4.16. The Hall–Kier alpha value is -3.54. The summed E-state index contributed by atoms with van der Waals surface area (Å²) in [6.07, 6.45) is 1.68. The van der Waals surface area contributed by atoms with Gasteiger partial charge in [0.1, 0.15) is 0 Å². The fourth-order valence-corrected chi connectivity index (χ4v) is 3.30. The van der Waals surface area contributed by atoms with Crippen LogP contribution in [0.3, 0.4) is 0 Å². The molecule has 1 aromatic heterocycles. The lowest BCUT2D eigenvalue weighted by molar-refractivity contribution is -0.116. The number of aromatic nitrogens is 1. The maximum absolute atomic E-state index is 12.4. The van der Waals surface area contributed by atoms with E-state index in [1.54, 1.807) is 36.5 Å². The summed E-state index contributed by atoms with van der Waals surface area (Å²) in [4.78, 5) is 42.6. The number of anilines is 1. The number of pyridine rings is 1. The Labute approximate surface area is 155 Å². The van der Waals surface area contributed by atoms with Gasteiger partial charge in [0.25, 0.3) is 11.8 Å². The summed E-state index contributed by atoms with van der Waals surface area (Å²) in [5.74, 6) is -0.970. The average molecular weight is 359 g/mol. The van der Waals surface area contributed by atoms with Gasteiger partial charge >= 0.3 is 0 Å². The molecule has 6 heteroatoms. The fraction of sp³-hybridized carbons (Fsp3) is 0.143. The van der Waals surface area contributed by atoms with E-state index in [1.807, 2.05) is 25.1 Å². The van der Waals surface area contributed by atoms with E-state index in [0.29, 0.717) is 16.8 Å². The molecule has 0 atom stereocenters. The number of amides is 3. The van der Waals surface area contributed by atoms with Gasteiger partial charge in [0.15, 0.2) is 0 Å². The highest BCUT2D eigenvalue weighted by Crippen LogP contribution is 2.25. The summed E-state index contributed by atoms with van der Waals surface area (Å²) in [6.45, 7) is 2.00. The lowest BCUT2D eigenvalue weighted by Crippen LogP contribution is -2.32. The first-order valence-electron chi connectivity index (χ1n) is 8.65. The van der Waals surface area contributed by atoms with Gasteiger partial charge in [0, 0.05) is 24.5 Å². The molecule has 3 amide bonds. The van der Waals surface area contributed by atoms with Crippen molar-refractivity contribution in [3.8, 4) is 0 Å². The zero-order chi connectivity index (χ0) is 19.0. The second-order valence-corrected chi connectivity index (χ2v) is 6.44. The van der Waals surface area contributed by atoms with Gasteiger partial charge in [-0.1, -0.05) is 30.3 Å². The Morgan fingerprint density at radius 3 is 2.41 bits per heavy atom. The van der Waals surface area contributed by atoms with Gasteiger partial charge in [0.2, 0.25) is 5.91 Å². The van der Waals surface area contributed by atoms with Crippen molar-refractivity contribution in [2.45, 2.75) is 13.3 Å². The second-order valence-electron chi connectivity index (χ2n) is 6.44. The number of fused-ring (bicyclic) bond motifs is 2. The van der Waals surface area contributed by atoms with E-state index < -0.39 is 0 Å². The number of nitrogens with zero attached hydrogens (tertiary/aromatic N) is 2. The van der Waals surface area contributed by atoms with Crippen LogP contribution in [0.5, 0.6) is 0 Å². The van der Waals surface area contributed by atoms with Crippen molar-refractivity contribution in [3.05, 3.63) is 71.4 Å². The highest BCUT2D eigenvalue weighted by molar-refractivity contribution is 6.21. The van der Waals surface area contributed by atoms with E-state index in [1.165, 1.54) is 0 Å². The van der Waals surface area contributed by atoms with Crippen molar-refractivity contribution in [1.82, 2.24) is 9.88 Å². The summed E-state index contributed by atoms with van der Waals surface area (Å²) < 4.78 is 0. The van der Waals surface area contributed by atoms with E-state index >= 15 is 0 Å². The van der Waals surface area contributed by atoms with Gasteiger partial charge in [-0.05, 0) is 30.7 Å². The van der Waals surface area contributed by atoms with Gasteiger partial charge in [0.05, 0.1) is 22.3 Å². The quantitative estimate of drug-likeness (QED) is 0.726. The number of carbonyl (C=O) groups is 3. The molecule has 3 aromatic rings. The molecule has 134 valence electrons. The van der Waals surface area contributed by atoms with Crippen LogP contribution < -0.4 is 5.32 Å². The number of para-hydroxylation sites is 1. The molecule has 1 aliphatic rings. The molecule has 0 spiro atoms. The summed E-state index contributed by atoms with van der Waals surface area (Å²) in [7, 11) is 0. The number of hydrogen-bond donors (Lipinski definition) is 1. The third-order valence-corrected chi connectivity index (χ3v) is 4.69. The van der Waals surface area contributed by atoms with E-state index in [2.05, 4.69) is 10.3 Å². The maximum atomic E-state index is 12.4. The smallest absolute Gasteiger partial charge is 0.261 e. The van der Waals surface area contributed by atoms with E-state index in [-0.39, 0.29) is 30.7 Å². The summed E-state index contributed by atoms with van der Waals surface area (Å²) in [5, 5.41) is 3.71. The minimum Gasteiger partial charge on any atom is -0.325 e. The van der Waals surface area contributed by atoms with Gasteiger partial charge < -0.3 is 5.32 Å². The van der Waals surface area contributed by atoms with Crippen LogP contribution in [-0.2, 0) is 4.79 Å². The number of hydrogen-bond acceptors (Lipinski definition) is 4. The van der Waals surface area contributed by atoms with Crippen LogP contribution in [0, 0.1) is 6.92 Å². The number of imide groups is 1. The van der Waals surface area contributed by atoms with Crippen molar-refractivity contribution in [2.24, 2.45) is 0 Å². The number of nitrogens with one attached hydrogen (secondary N) is 1. The first kappa shape index (κ1) is 16.9. The van der Waals surface area contributed by atoms with E-state index in [0.717, 1.165) is 21.4 Å². The summed E-state index contributed by atoms with van der Waals surface area (Å²) in [5.41, 5.74) is 3.29. The predicted molar refractivity (Wildman–Crippen MR) is 102 cm³/mol. The second kappa shape index (κ2) is 6.64. The van der Waals surface area contributed by atoms with Crippen molar-refractivity contribution < 1.29 is 14.4 Å². The van der Waals surface area contributed by atoms with E-state index in [4.69, 9.17) is 0 Å². The SMILES string of the molecule is Cc1cccc2c(NC(=O)CCN3C(=O)c4ccccc4C3=O)ccnc12. The Balaban J connectivity index is 1.47. The molecule has 2 aromatic carbocycles. The molecule has 0 saturated carbocycles. The molecule has 2 heterocycles. The highest BCUT2D eigenvalue weighted by Gasteiger charge is 2.34. The van der Waals surface area contributed by atoms with Crippen LogP contribution >= 0.6 is 0 Å². The first-order chi connectivity index (χ1) is 13.1. The molecule has 0 saturated heterocycles. The van der Waals surface area contributed by atoms with Gasteiger partial charge in [-0.3, -0.25) is 24.3 Å². The highest BCUT2D eigenvalue weighted by atomic mass is 16.2. The Morgan fingerprint density at radius 2 is 1.70 bits per heavy atom. The average Bonchev–Trinajstić information content (AvgIpc) is 2.92. The lowest BCUT2D eigenvalue weighted by atomic mass is 10.1. The predicted octanol–water partition coefficient (Wildman–Crippen LogP) is 3.17. The molecule has 4 rings (SSSR count). The molecular weight excluding hydrogens is 342 g/mol. The zero-order valence-corrected chi connectivity index (χ0v) is 14.7. The topological polar surface area (TPSA) is 79.4 Å². The lowest BCUT2D eigenvalue weighted by Gasteiger charge is -2.14. The van der Waals surface area contributed by atoms with Crippen LogP contribution in [0.25, 0.3) is 10.9 Å². The largest absolute Gasteiger partial charge is 0.325 e. The molecular formula is C21H17N3O3. The van der Waals surface area contributed by atoms with Crippen molar-refractivity contribution in [2.75, 3.05) is 11.9 Å². The molecule has 0 radical (unpaired) electrons. The number of aryl methyl sites for hydroxylation is 1. The molecule has 27 heavy (non-hydrogen) atoms. The first-order valence-corrected chi connectivity index (χ1v) is 8.65. The molecule has 6 nitrogen and oxygen atoms in total. The van der Waals surface area contributed by atoms with Gasteiger partial charge in [-0.15, -0.1) is 0 Å². The Morgan fingerprint density at radius 1 is 1.00 bits per heavy atom. The molecule has 0 fully saturated rings. The fourth-order valence-electron chi connectivity index (χ4n) is 3.30. The van der Waals surface area contributed by atoms with Crippen LogP contribution in [-0.4, -0.2) is 34.2 Å². The number of rotatable bonds is 4. The maximum Gasteiger partial charge on any atom is 0.261 e. The van der Waals surface area contributed by atoms with Crippen molar-refractivity contribution in [3.63, 3.8) is 0 Å². The van der Waals surface area contributed by atoms with Crippen LogP contribution in [0.2, 0.25) is 0 Å².